The molecule has 1 nitrogen and oxygen atoms in total. The zero-order valence-corrected chi connectivity index (χ0v) is 9.69. The van der Waals surface area contributed by atoms with E-state index in [1.807, 2.05) is 0 Å². The molecule has 0 bridgehead atoms. The molecule has 1 aliphatic carbocycles. The van der Waals surface area contributed by atoms with Gasteiger partial charge in [0.25, 0.3) is 0 Å². The van der Waals surface area contributed by atoms with Crippen molar-refractivity contribution in [2.75, 3.05) is 0 Å². The van der Waals surface area contributed by atoms with E-state index >= 15 is 0 Å². The SMILES string of the molecule is CCCC1=Cc2cc(Br)n(C)c2C1. The molecule has 0 fully saturated rings. The molecule has 0 saturated carbocycles. The number of hydrogen-bond acceptors (Lipinski definition) is 0. The quantitative estimate of drug-likeness (QED) is 0.745. The van der Waals surface area contributed by atoms with E-state index in [0.717, 1.165) is 6.42 Å². The molecule has 0 aliphatic heterocycles. The Morgan fingerprint density at radius 1 is 1.54 bits per heavy atom. The maximum atomic E-state index is 3.53. The molecule has 0 radical (unpaired) electrons. The molecule has 0 unspecified atom stereocenters. The molecule has 0 spiro atoms. The number of nitrogens with zero attached hydrogens (tertiary/aromatic N) is 1. The minimum Gasteiger partial charge on any atom is -0.342 e. The largest absolute Gasteiger partial charge is 0.342 e. The molecule has 1 heterocycles. The van der Waals surface area contributed by atoms with E-state index in [1.54, 1.807) is 5.57 Å². The molecule has 0 aromatic carbocycles. The number of hydrogen-bond donors (Lipinski definition) is 0. The minimum absolute atomic E-state index is 1.14. The van der Waals surface area contributed by atoms with Crippen molar-refractivity contribution in [3.8, 4) is 0 Å². The van der Waals surface area contributed by atoms with Crippen LogP contribution in [0.25, 0.3) is 6.08 Å². The molecule has 13 heavy (non-hydrogen) atoms. The highest BCUT2D eigenvalue weighted by Gasteiger charge is 2.16. The average Bonchev–Trinajstić information content (AvgIpc) is 2.56. The molecular formula is C11H14BrN. The van der Waals surface area contributed by atoms with Crippen molar-refractivity contribution in [2.45, 2.75) is 26.2 Å². The summed E-state index contributed by atoms with van der Waals surface area (Å²) in [5, 5.41) is 0. The molecule has 1 aromatic heterocycles. The standard InChI is InChI=1S/C11H14BrN/c1-3-4-8-5-9-7-11(12)13(2)10(9)6-8/h5,7H,3-4,6H2,1-2H3. The van der Waals surface area contributed by atoms with Crippen LogP contribution in [0, 0.1) is 0 Å². The number of rotatable bonds is 2. The first-order valence-electron chi connectivity index (χ1n) is 4.76. The van der Waals surface area contributed by atoms with Crippen molar-refractivity contribution in [3.05, 3.63) is 27.5 Å². The highest BCUT2D eigenvalue weighted by Crippen LogP contribution is 2.31. The summed E-state index contributed by atoms with van der Waals surface area (Å²) in [5.74, 6) is 0. The monoisotopic (exact) mass is 239 g/mol. The van der Waals surface area contributed by atoms with E-state index in [0.29, 0.717) is 0 Å². The fourth-order valence-electron chi connectivity index (χ4n) is 1.94. The summed E-state index contributed by atoms with van der Waals surface area (Å²) in [6, 6.07) is 2.21. The van der Waals surface area contributed by atoms with Crippen LogP contribution in [0.1, 0.15) is 31.0 Å². The number of fused-ring (bicyclic) bond motifs is 1. The second-order valence-electron chi connectivity index (χ2n) is 3.66. The summed E-state index contributed by atoms with van der Waals surface area (Å²) in [5.41, 5.74) is 4.43. The van der Waals surface area contributed by atoms with Crippen LogP contribution in [0.2, 0.25) is 0 Å². The molecule has 0 amide bonds. The second kappa shape index (κ2) is 3.33. The summed E-state index contributed by atoms with van der Waals surface area (Å²) in [4.78, 5) is 0. The number of halogens is 1. The lowest BCUT2D eigenvalue weighted by Gasteiger charge is -2.02. The molecule has 1 aliphatic rings. The lowest BCUT2D eigenvalue weighted by Crippen LogP contribution is -1.96. The van der Waals surface area contributed by atoms with Crippen molar-refractivity contribution in [1.82, 2.24) is 4.57 Å². The minimum atomic E-state index is 1.14. The Kier molecular flexibility index (Phi) is 2.33. The average molecular weight is 240 g/mol. The third-order valence-electron chi connectivity index (χ3n) is 2.66. The summed E-state index contributed by atoms with van der Waals surface area (Å²) >= 11 is 3.53. The number of aromatic nitrogens is 1. The summed E-state index contributed by atoms with van der Waals surface area (Å²) in [6.07, 6.45) is 5.97. The van der Waals surface area contributed by atoms with Crippen molar-refractivity contribution in [1.29, 1.82) is 0 Å². The van der Waals surface area contributed by atoms with Crippen molar-refractivity contribution in [2.24, 2.45) is 7.05 Å². The van der Waals surface area contributed by atoms with Crippen molar-refractivity contribution in [3.63, 3.8) is 0 Å². The van der Waals surface area contributed by atoms with E-state index in [-0.39, 0.29) is 0 Å². The van der Waals surface area contributed by atoms with E-state index in [1.165, 1.54) is 28.7 Å². The zero-order valence-electron chi connectivity index (χ0n) is 8.10. The van der Waals surface area contributed by atoms with Crippen LogP contribution in [-0.2, 0) is 13.5 Å². The van der Waals surface area contributed by atoms with E-state index in [9.17, 15) is 0 Å². The van der Waals surface area contributed by atoms with Crippen LogP contribution in [0.3, 0.4) is 0 Å². The van der Waals surface area contributed by atoms with Gasteiger partial charge in [-0.3, -0.25) is 0 Å². The van der Waals surface area contributed by atoms with Gasteiger partial charge in [-0.15, -0.1) is 0 Å². The fraction of sp³-hybridized carbons (Fsp3) is 0.455. The van der Waals surface area contributed by atoms with E-state index < -0.39 is 0 Å². The van der Waals surface area contributed by atoms with Gasteiger partial charge in [-0.05, 0) is 34.0 Å². The van der Waals surface area contributed by atoms with Crippen molar-refractivity contribution < 1.29 is 0 Å². The Balaban J connectivity index is 2.30. The molecule has 2 rings (SSSR count). The molecule has 0 atom stereocenters. The summed E-state index contributed by atoms with van der Waals surface area (Å²) in [6.45, 7) is 2.24. The van der Waals surface area contributed by atoms with Crippen LogP contribution in [-0.4, -0.2) is 4.57 Å². The lowest BCUT2D eigenvalue weighted by atomic mass is 10.1. The van der Waals surface area contributed by atoms with E-state index in [2.05, 4.69) is 46.6 Å². The highest BCUT2D eigenvalue weighted by atomic mass is 79.9. The van der Waals surface area contributed by atoms with Crippen LogP contribution in [0.5, 0.6) is 0 Å². The fourth-order valence-corrected chi connectivity index (χ4v) is 2.41. The van der Waals surface area contributed by atoms with Gasteiger partial charge in [0, 0.05) is 19.2 Å². The number of allylic oxidation sites excluding steroid dienone is 1. The van der Waals surface area contributed by atoms with Crippen LogP contribution in [0.15, 0.2) is 16.2 Å². The normalized spacial score (nSPS) is 14.5. The third-order valence-corrected chi connectivity index (χ3v) is 3.42. The molecule has 2 heteroatoms. The predicted molar refractivity (Wildman–Crippen MR) is 59.7 cm³/mol. The smallest absolute Gasteiger partial charge is 0.0852 e. The van der Waals surface area contributed by atoms with Gasteiger partial charge in [0.1, 0.15) is 0 Å². The molecular weight excluding hydrogens is 226 g/mol. The van der Waals surface area contributed by atoms with Gasteiger partial charge in [0.15, 0.2) is 0 Å². The van der Waals surface area contributed by atoms with Crippen LogP contribution >= 0.6 is 15.9 Å². The molecule has 0 N–H and O–H groups in total. The Bertz CT molecular complexity index is 360. The highest BCUT2D eigenvalue weighted by molar-refractivity contribution is 9.10. The molecule has 0 saturated heterocycles. The Morgan fingerprint density at radius 3 is 2.92 bits per heavy atom. The van der Waals surface area contributed by atoms with Gasteiger partial charge in [0.05, 0.1) is 4.60 Å². The summed E-state index contributed by atoms with van der Waals surface area (Å²) < 4.78 is 3.42. The van der Waals surface area contributed by atoms with Crippen molar-refractivity contribution >= 4 is 22.0 Å². The van der Waals surface area contributed by atoms with Gasteiger partial charge in [0.2, 0.25) is 0 Å². The van der Waals surface area contributed by atoms with Crippen LogP contribution < -0.4 is 0 Å². The Labute approximate surface area is 87.6 Å². The van der Waals surface area contributed by atoms with Gasteiger partial charge in [-0.1, -0.05) is 25.0 Å². The van der Waals surface area contributed by atoms with Crippen LogP contribution in [0.4, 0.5) is 0 Å². The molecule has 70 valence electrons. The predicted octanol–water partition coefficient (Wildman–Crippen LogP) is 3.53. The summed E-state index contributed by atoms with van der Waals surface area (Å²) in [7, 11) is 2.12. The Hall–Kier alpha value is -0.500. The first kappa shape index (κ1) is 9.07. The molecule has 1 aromatic rings. The van der Waals surface area contributed by atoms with Gasteiger partial charge in [-0.2, -0.15) is 0 Å². The second-order valence-corrected chi connectivity index (χ2v) is 4.47. The maximum Gasteiger partial charge on any atom is 0.0852 e. The van der Waals surface area contributed by atoms with Gasteiger partial charge < -0.3 is 4.57 Å². The van der Waals surface area contributed by atoms with E-state index in [4.69, 9.17) is 0 Å². The lowest BCUT2D eigenvalue weighted by molar-refractivity contribution is 0.806. The maximum absolute atomic E-state index is 3.53. The topological polar surface area (TPSA) is 4.93 Å². The van der Waals surface area contributed by atoms with Gasteiger partial charge >= 0.3 is 0 Å². The first-order chi connectivity index (χ1) is 6.22. The third kappa shape index (κ3) is 1.48. The Morgan fingerprint density at radius 2 is 2.31 bits per heavy atom. The zero-order chi connectivity index (χ0) is 9.42. The van der Waals surface area contributed by atoms with Gasteiger partial charge in [-0.25, -0.2) is 0 Å². The first-order valence-corrected chi connectivity index (χ1v) is 5.55.